The lowest BCUT2D eigenvalue weighted by atomic mass is 9.89. The Morgan fingerprint density at radius 3 is 2.39 bits per heavy atom. The van der Waals surface area contributed by atoms with Crippen LogP contribution < -0.4 is 0 Å². The summed E-state index contributed by atoms with van der Waals surface area (Å²) < 4.78 is 4.91. The highest BCUT2D eigenvalue weighted by atomic mass is 16.5. The molecule has 0 heterocycles. The van der Waals surface area contributed by atoms with Crippen LogP contribution >= 0.6 is 0 Å². The van der Waals surface area contributed by atoms with Gasteiger partial charge in [0.1, 0.15) is 0 Å². The topological polar surface area (TPSA) is 26.3 Å². The third-order valence-corrected chi connectivity index (χ3v) is 4.15. The van der Waals surface area contributed by atoms with Gasteiger partial charge in [0.2, 0.25) is 0 Å². The van der Waals surface area contributed by atoms with E-state index in [1.54, 1.807) is 0 Å². The van der Waals surface area contributed by atoms with Gasteiger partial charge in [-0.3, -0.25) is 0 Å². The molecule has 2 nitrogen and oxygen atoms in total. The SMILES string of the molecule is CCc1c(C(=O)OC)ccc(C2CC2)c1C1CC1. The molecule has 18 heavy (non-hydrogen) atoms. The maximum atomic E-state index is 11.9. The van der Waals surface area contributed by atoms with Gasteiger partial charge < -0.3 is 4.74 Å². The molecule has 2 fully saturated rings. The highest BCUT2D eigenvalue weighted by Crippen LogP contribution is 2.51. The molecule has 2 saturated carbocycles. The number of carbonyl (C=O) groups is 1. The van der Waals surface area contributed by atoms with Crippen molar-refractivity contribution in [3.8, 4) is 0 Å². The summed E-state index contributed by atoms with van der Waals surface area (Å²) in [5.41, 5.74) is 5.03. The van der Waals surface area contributed by atoms with Gasteiger partial charge in [-0.25, -0.2) is 4.79 Å². The Balaban J connectivity index is 2.12. The van der Waals surface area contributed by atoms with Gasteiger partial charge >= 0.3 is 5.97 Å². The minimum Gasteiger partial charge on any atom is -0.465 e. The van der Waals surface area contributed by atoms with Gasteiger partial charge in [-0.15, -0.1) is 0 Å². The van der Waals surface area contributed by atoms with Gasteiger partial charge in [0.25, 0.3) is 0 Å². The average molecular weight is 244 g/mol. The van der Waals surface area contributed by atoms with Crippen LogP contribution in [0.25, 0.3) is 0 Å². The molecule has 0 unspecified atom stereocenters. The maximum absolute atomic E-state index is 11.9. The van der Waals surface area contributed by atoms with Gasteiger partial charge in [-0.05, 0) is 66.7 Å². The molecule has 0 aromatic heterocycles. The lowest BCUT2D eigenvalue weighted by Gasteiger charge is -2.16. The molecule has 0 N–H and O–H groups in total. The summed E-state index contributed by atoms with van der Waals surface area (Å²) in [6.07, 6.45) is 6.15. The molecule has 1 aromatic carbocycles. The fourth-order valence-corrected chi connectivity index (χ4v) is 2.97. The van der Waals surface area contributed by atoms with E-state index < -0.39 is 0 Å². The van der Waals surface area contributed by atoms with Crippen LogP contribution in [0.2, 0.25) is 0 Å². The van der Waals surface area contributed by atoms with E-state index in [9.17, 15) is 4.79 Å². The largest absolute Gasteiger partial charge is 0.465 e. The number of hydrogen-bond acceptors (Lipinski definition) is 2. The van der Waals surface area contributed by atoms with Gasteiger partial charge in [0, 0.05) is 0 Å². The second-order valence-corrected chi connectivity index (χ2v) is 5.49. The van der Waals surface area contributed by atoms with Crippen LogP contribution in [0.3, 0.4) is 0 Å². The molecule has 2 heteroatoms. The van der Waals surface area contributed by atoms with Crippen LogP contribution in [0.1, 0.15) is 71.5 Å². The highest BCUT2D eigenvalue weighted by molar-refractivity contribution is 5.91. The van der Waals surface area contributed by atoms with Crippen molar-refractivity contribution in [2.45, 2.75) is 50.9 Å². The molecule has 2 aliphatic rings. The van der Waals surface area contributed by atoms with Crippen LogP contribution in [-0.4, -0.2) is 13.1 Å². The fraction of sp³-hybridized carbons (Fsp3) is 0.562. The Bertz CT molecular complexity index is 482. The molecule has 0 aliphatic heterocycles. The molecule has 0 atom stereocenters. The maximum Gasteiger partial charge on any atom is 0.338 e. The second kappa shape index (κ2) is 4.42. The van der Waals surface area contributed by atoms with E-state index in [2.05, 4.69) is 13.0 Å². The number of benzene rings is 1. The van der Waals surface area contributed by atoms with Crippen molar-refractivity contribution in [1.82, 2.24) is 0 Å². The predicted molar refractivity (Wildman–Crippen MR) is 71.1 cm³/mol. The van der Waals surface area contributed by atoms with Crippen molar-refractivity contribution in [3.63, 3.8) is 0 Å². The lowest BCUT2D eigenvalue weighted by Crippen LogP contribution is -2.09. The van der Waals surface area contributed by atoms with Crippen molar-refractivity contribution in [3.05, 3.63) is 34.4 Å². The standard InChI is InChI=1S/C16H20O2/c1-3-12-14(16(17)18-2)9-8-13(10-4-5-10)15(12)11-6-7-11/h8-11H,3-7H2,1-2H3. The van der Waals surface area contributed by atoms with Gasteiger partial charge in [0.15, 0.2) is 0 Å². The molecule has 96 valence electrons. The number of ether oxygens (including phenoxy) is 1. The first-order chi connectivity index (χ1) is 8.76. The van der Waals surface area contributed by atoms with Crippen molar-refractivity contribution < 1.29 is 9.53 Å². The summed E-state index contributed by atoms with van der Waals surface area (Å²) in [6, 6.07) is 4.15. The fourth-order valence-electron chi connectivity index (χ4n) is 2.97. The average Bonchev–Trinajstić information content (AvgIpc) is 3.28. The normalized spacial score (nSPS) is 18.8. The molecule has 0 amide bonds. The summed E-state index contributed by atoms with van der Waals surface area (Å²) in [5, 5.41) is 0. The van der Waals surface area contributed by atoms with E-state index in [0.717, 1.165) is 17.9 Å². The molecule has 0 saturated heterocycles. The Kier molecular flexibility index (Phi) is 2.89. The van der Waals surface area contributed by atoms with E-state index >= 15 is 0 Å². The van der Waals surface area contributed by atoms with Crippen LogP contribution in [-0.2, 0) is 11.2 Å². The van der Waals surface area contributed by atoms with Crippen LogP contribution in [0, 0.1) is 0 Å². The Morgan fingerprint density at radius 1 is 1.22 bits per heavy atom. The zero-order valence-corrected chi connectivity index (χ0v) is 11.2. The molecule has 3 rings (SSSR count). The van der Waals surface area contributed by atoms with Crippen LogP contribution in [0.15, 0.2) is 12.1 Å². The van der Waals surface area contributed by atoms with E-state index in [1.807, 2.05) is 6.07 Å². The van der Waals surface area contributed by atoms with E-state index in [4.69, 9.17) is 4.74 Å². The van der Waals surface area contributed by atoms with E-state index in [-0.39, 0.29) is 5.97 Å². The molecule has 0 radical (unpaired) electrons. The van der Waals surface area contributed by atoms with Crippen LogP contribution in [0.4, 0.5) is 0 Å². The number of carbonyl (C=O) groups excluding carboxylic acids is 1. The first kappa shape index (κ1) is 11.8. The summed E-state index contributed by atoms with van der Waals surface area (Å²) in [5.74, 6) is 1.29. The summed E-state index contributed by atoms with van der Waals surface area (Å²) in [6.45, 7) is 2.14. The van der Waals surface area contributed by atoms with Gasteiger partial charge in [-0.1, -0.05) is 13.0 Å². The number of esters is 1. The van der Waals surface area contributed by atoms with E-state index in [1.165, 1.54) is 49.5 Å². The van der Waals surface area contributed by atoms with E-state index in [0.29, 0.717) is 5.92 Å². The lowest BCUT2D eigenvalue weighted by molar-refractivity contribution is 0.0599. The monoisotopic (exact) mass is 244 g/mol. The first-order valence-corrected chi connectivity index (χ1v) is 7.00. The second-order valence-electron chi connectivity index (χ2n) is 5.49. The Hall–Kier alpha value is -1.31. The van der Waals surface area contributed by atoms with Crippen molar-refractivity contribution in [2.24, 2.45) is 0 Å². The molecular weight excluding hydrogens is 224 g/mol. The van der Waals surface area contributed by atoms with Crippen LogP contribution in [0.5, 0.6) is 0 Å². The first-order valence-electron chi connectivity index (χ1n) is 7.00. The molecule has 2 aliphatic carbocycles. The third kappa shape index (κ3) is 1.94. The number of hydrogen-bond donors (Lipinski definition) is 0. The van der Waals surface area contributed by atoms with Gasteiger partial charge in [-0.2, -0.15) is 0 Å². The number of rotatable bonds is 4. The highest BCUT2D eigenvalue weighted by Gasteiger charge is 2.35. The quantitative estimate of drug-likeness (QED) is 0.753. The zero-order chi connectivity index (χ0) is 12.7. The molecule has 0 bridgehead atoms. The molecular formula is C16H20O2. The van der Waals surface area contributed by atoms with Crippen molar-refractivity contribution in [2.75, 3.05) is 7.11 Å². The summed E-state index contributed by atoms with van der Waals surface area (Å²) in [7, 11) is 1.47. The zero-order valence-electron chi connectivity index (χ0n) is 11.2. The molecule has 1 aromatic rings. The minimum atomic E-state index is -0.184. The minimum absolute atomic E-state index is 0.184. The Morgan fingerprint density at radius 2 is 1.89 bits per heavy atom. The third-order valence-electron chi connectivity index (χ3n) is 4.15. The molecule has 0 spiro atoms. The smallest absolute Gasteiger partial charge is 0.338 e. The summed E-state index contributed by atoms with van der Waals surface area (Å²) in [4.78, 5) is 11.9. The van der Waals surface area contributed by atoms with Crippen molar-refractivity contribution >= 4 is 5.97 Å². The van der Waals surface area contributed by atoms with Gasteiger partial charge in [0.05, 0.1) is 12.7 Å². The Labute approximate surface area is 108 Å². The van der Waals surface area contributed by atoms with Crippen molar-refractivity contribution in [1.29, 1.82) is 0 Å². The predicted octanol–water partition coefficient (Wildman–Crippen LogP) is 3.79. The summed E-state index contributed by atoms with van der Waals surface area (Å²) >= 11 is 0. The number of methoxy groups -OCH3 is 1.